The van der Waals surface area contributed by atoms with E-state index in [2.05, 4.69) is 5.32 Å². The van der Waals surface area contributed by atoms with Gasteiger partial charge in [-0.15, -0.1) is 11.8 Å². The molecular formula is C18H19NO4S. The van der Waals surface area contributed by atoms with Crippen LogP contribution in [0.2, 0.25) is 0 Å². The van der Waals surface area contributed by atoms with Gasteiger partial charge in [0.2, 0.25) is 0 Å². The van der Waals surface area contributed by atoms with Crippen molar-refractivity contribution in [1.29, 1.82) is 0 Å². The van der Waals surface area contributed by atoms with Gasteiger partial charge >= 0.3 is 5.97 Å². The highest BCUT2D eigenvalue weighted by Gasteiger charge is 2.14. The van der Waals surface area contributed by atoms with E-state index in [1.165, 1.54) is 11.8 Å². The first-order chi connectivity index (χ1) is 11.7. The van der Waals surface area contributed by atoms with Gasteiger partial charge in [-0.3, -0.25) is 4.79 Å². The number of ether oxygens (including phenoxy) is 2. The third kappa shape index (κ3) is 4.76. The molecule has 1 amide bonds. The molecule has 2 aromatic carbocycles. The molecule has 0 unspecified atom stereocenters. The van der Waals surface area contributed by atoms with E-state index in [0.717, 1.165) is 4.90 Å². The van der Waals surface area contributed by atoms with Crippen molar-refractivity contribution in [1.82, 2.24) is 0 Å². The fraction of sp³-hybridized carbons (Fsp3) is 0.222. The predicted molar refractivity (Wildman–Crippen MR) is 94.7 cm³/mol. The molecule has 0 aliphatic carbocycles. The normalized spacial score (nSPS) is 10.1. The molecule has 0 saturated heterocycles. The third-order valence-electron chi connectivity index (χ3n) is 3.12. The highest BCUT2D eigenvalue weighted by Crippen LogP contribution is 2.24. The van der Waals surface area contributed by atoms with Crippen LogP contribution in [0.1, 0.15) is 17.3 Å². The molecule has 0 spiro atoms. The first-order valence-corrected chi connectivity index (χ1v) is 8.70. The van der Waals surface area contributed by atoms with Crippen LogP contribution >= 0.6 is 11.8 Å². The highest BCUT2D eigenvalue weighted by atomic mass is 32.2. The number of anilines is 1. The molecule has 0 aliphatic heterocycles. The molecule has 0 saturated carbocycles. The summed E-state index contributed by atoms with van der Waals surface area (Å²) in [4.78, 5) is 24.9. The number of hydrogen-bond donors (Lipinski definition) is 1. The van der Waals surface area contributed by atoms with Crippen molar-refractivity contribution >= 4 is 29.3 Å². The molecule has 126 valence electrons. The Kier molecular flexibility index (Phi) is 6.69. The highest BCUT2D eigenvalue weighted by molar-refractivity contribution is 7.98. The first-order valence-electron chi connectivity index (χ1n) is 7.47. The molecule has 2 rings (SSSR count). The van der Waals surface area contributed by atoms with Gasteiger partial charge in [-0.25, -0.2) is 4.79 Å². The van der Waals surface area contributed by atoms with E-state index in [0.29, 0.717) is 23.6 Å². The lowest BCUT2D eigenvalue weighted by Gasteiger charge is -2.12. The lowest BCUT2D eigenvalue weighted by atomic mass is 10.2. The summed E-state index contributed by atoms with van der Waals surface area (Å²) in [6.07, 6.45) is 1.88. The Morgan fingerprint density at radius 3 is 2.54 bits per heavy atom. The molecule has 5 nitrogen and oxygen atoms in total. The number of nitrogens with one attached hydrogen (secondary N) is 1. The average Bonchev–Trinajstić information content (AvgIpc) is 2.61. The predicted octanol–water partition coefficient (Wildman–Crippen LogP) is 3.60. The second-order valence-corrected chi connectivity index (χ2v) is 5.60. The molecule has 0 radical (unpaired) electrons. The van der Waals surface area contributed by atoms with Crippen LogP contribution in [0.15, 0.2) is 53.4 Å². The number of amides is 1. The zero-order chi connectivity index (χ0) is 17.4. The number of hydrogen-bond acceptors (Lipinski definition) is 5. The minimum Gasteiger partial charge on any atom is -0.492 e. The van der Waals surface area contributed by atoms with Crippen LogP contribution in [0, 0.1) is 0 Å². The SMILES string of the molecule is CCOc1ccccc1NC(=O)COC(=O)c1ccccc1SC. The molecule has 0 bridgehead atoms. The van der Waals surface area contributed by atoms with Gasteiger partial charge in [0, 0.05) is 4.90 Å². The maximum Gasteiger partial charge on any atom is 0.339 e. The van der Waals surface area contributed by atoms with Crippen molar-refractivity contribution in [2.24, 2.45) is 0 Å². The summed E-state index contributed by atoms with van der Waals surface area (Å²) in [5.74, 6) is -0.363. The van der Waals surface area contributed by atoms with E-state index in [1.807, 2.05) is 31.4 Å². The number of carbonyl (C=O) groups excluding carboxylic acids is 2. The molecule has 0 fully saturated rings. The van der Waals surface area contributed by atoms with Crippen molar-refractivity contribution in [3.05, 3.63) is 54.1 Å². The number of benzene rings is 2. The Bertz CT molecular complexity index is 718. The molecular weight excluding hydrogens is 326 g/mol. The van der Waals surface area contributed by atoms with Crippen LogP contribution in [0.4, 0.5) is 5.69 Å². The van der Waals surface area contributed by atoms with Gasteiger partial charge in [0.15, 0.2) is 6.61 Å². The van der Waals surface area contributed by atoms with Crippen LogP contribution in [-0.4, -0.2) is 31.3 Å². The third-order valence-corrected chi connectivity index (χ3v) is 3.92. The lowest BCUT2D eigenvalue weighted by Crippen LogP contribution is -2.21. The van der Waals surface area contributed by atoms with Crippen molar-refractivity contribution in [2.45, 2.75) is 11.8 Å². The molecule has 1 N–H and O–H groups in total. The van der Waals surface area contributed by atoms with E-state index in [-0.39, 0.29) is 6.61 Å². The molecule has 2 aromatic rings. The van der Waals surface area contributed by atoms with Gasteiger partial charge in [-0.2, -0.15) is 0 Å². The number of para-hydroxylation sites is 2. The van der Waals surface area contributed by atoms with E-state index in [1.54, 1.807) is 30.3 Å². The van der Waals surface area contributed by atoms with Crippen LogP contribution in [-0.2, 0) is 9.53 Å². The van der Waals surface area contributed by atoms with Gasteiger partial charge in [-0.1, -0.05) is 24.3 Å². The lowest BCUT2D eigenvalue weighted by molar-refractivity contribution is -0.119. The van der Waals surface area contributed by atoms with E-state index >= 15 is 0 Å². The number of carbonyl (C=O) groups is 2. The molecule has 0 atom stereocenters. The van der Waals surface area contributed by atoms with Crippen molar-refractivity contribution in [3.63, 3.8) is 0 Å². The van der Waals surface area contributed by atoms with Crippen molar-refractivity contribution in [2.75, 3.05) is 24.8 Å². The quantitative estimate of drug-likeness (QED) is 0.613. The zero-order valence-corrected chi connectivity index (χ0v) is 14.4. The Labute approximate surface area is 145 Å². The molecule has 0 aromatic heterocycles. The van der Waals surface area contributed by atoms with E-state index in [4.69, 9.17) is 9.47 Å². The Balaban J connectivity index is 1.95. The van der Waals surface area contributed by atoms with Gasteiger partial charge < -0.3 is 14.8 Å². The Hall–Kier alpha value is -2.47. The fourth-order valence-corrected chi connectivity index (χ4v) is 2.65. The Morgan fingerprint density at radius 2 is 1.79 bits per heavy atom. The summed E-state index contributed by atoms with van der Waals surface area (Å²) in [5, 5.41) is 2.68. The van der Waals surface area contributed by atoms with Crippen molar-refractivity contribution < 1.29 is 19.1 Å². The number of rotatable bonds is 7. The van der Waals surface area contributed by atoms with Gasteiger partial charge in [-0.05, 0) is 37.4 Å². The first kappa shape index (κ1) is 17.9. The maximum atomic E-state index is 12.1. The molecule has 0 aliphatic rings. The minimum absolute atomic E-state index is 0.359. The van der Waals surface area contributed by atoms with Crippen LogP contribution in [0.3, 0.4) is 0 Å². The summed E-state index contributed by atoms with van der Waals surface area (Å²) in [6, 6.07) is 14.2. The monoisotopic (exact) mass is 345 g/mol. The second kappa shape index (κ2) is 8.98. The summed E-state index contributed by atoms with van der Waals surface area (Å²) in [6.45, 7) is 2.00. The van der Waals surface area contributed by atoms with Gasteiger partial charge in [0.1, 0.15) is 5.75 Å². The topological polar surface area (TPSA) is 64.6 Å². The smallest absolute Gasteiger partial charge is 0.339 e. The summed E-state index contributed by atoms with van der Waals surface area (Å²) >= 11 is 1.45. The van der Waals surface area contributed by atoms with Crippen molar-refractivity contribution in [3.8, 4) is 5.75 Å². The maximum absolute atomic E-state index is 12.1. The van der Waals surface area contributed by atoms with Crippen LogP contribution < -0.4 is 10.1 Å². The summed E-state index contributed by atoms with van der Waals surface area (Å²) in [5.41, 5.74) is 0.998. The fourth-order valence-electron chi connectivity index (χ4n) is 2.06. The molecule has 6 heteroatoms. The van der Waals surface area contributed by atoms with Crippen LogP contribution in [0.5, 0.6) is 5.75 Å². The molecule has 24 heavy (non-hydrogen) atoms. The largest absolute Gasteiger partial charge is 0.492 e. The standard InChI is InChI=1S/C18H19NO4S/c1-3-22-15-10-6-5-9-14(15)19-17(20)12-23-18(21)13-8-4-7-11-16(13)24-2/h4-11H,3,12H2,1-2H3,(H,19,20). The van der Waals surface area contributed by atoms with E-state index in [9.17, 15) is 9.59 Å². The van der Waals surface area contributed by atoms with E-state index < -0.39 is 11.9 Å². The summed E-state index contributed by atoms with van der Waals surface area (Å²) < 4.78 is 10.5. The van der Waals surface area contributed by atoms with Gasteiger partial charge in [0.05, 0.1) is 17.9 Å². The van der Waals surface area contributed by atoms with Crippen LogP contribution in [0.25, 0.3) is 0 Å². The second-order valence-electron chi connectivity index (χ2n) is 4.75. The molecule has 0 heterocycles. The number of thioether (sulfide) groups is 1. The summed E-state index contributed by atoms with van der Waals surface area (Å²) in [7, 11) is 0. The zero-order valence-electron chi connectivity index (χ0n) is 13.6. The number of esters is 1. The van der Waals surface area contributed by atoms with Gasteiger partial charge in [0.25, 0.3) is 5.91 Å². The minimum atomic E-state index is -0.520. The average molecular weight is 345 g/mol. The Morgan fingerprint density at radius 1 is 1.08 bits per heavy atom.